The fraction of sp³-hybridized carbons (Fsp3) is 0.471. The van der Waals surface area contributed by atoms with Crippen molar-refractivity contribution in [2.24, 2.45) is 0 Å². The van der Waals surface area contributed by atoms with Crippen molar-refractivity contribution in [2.75, 3.05) is 12.8 Å². The zero-order chi connectivity index (χ0) is 23.8. The highest BCUT2D eigenvalue weighted by atomic mass is 32.2. The van der Waals surface area contributed by atoms with E-state index in [1.807, 2.05) is 0 Å². The number of fused-ring (bicyclic) bond motifs is 1. The van der Waals surface area contributed by atoms with Crippen molar-refractivity contribution in [3.63, 3.8) is 0 Å². The lowest BCUT2D eigenvalue weighted by Crippen LogP contribution is -2.41. The Bertz CT molecular complexity index is 1130. The van der Waals surface area contributed by atoms with Crippen LogP contribution in [0.5, 0.6) is 0 Å². The number of carbonyl (C=O) groups excluding carboxylic acids is 1. The van der Waals surface area contributed by atoms with E-state index in [9.17, 15) is 39.6 Å². The summed E-state index contributed by atoms with van der Waals surface area (Å²) >= 11 is 0. The van der Waals surface area contributed by atoms with Crippen LogP contribution in [-0.4, -0.2) is 52.9 Å². The number of hydrogen-bond donors (Lipinski definition) is 0. The number of alkyl halides is 3. The minimum absolute atomic E-state index is 0.121. The number of hydrogen-bond acceptors (Lipinski definition) is 6. The summed E-state index contributed by atoms with van der Waals surface area (Å²) in [4.78, 5) is 13.8. The average molecular weight is 486 g/mol. The van der Waals surface area contributed by atoms with E-state index < -0.39 is 70.0 Å². The molecule has 0 fully saturated rings. The van der Waals surface area contributed by atoms with Crippen molar-refractivity contribution >= 4 is 16.0 Å². The number of amides is 1. The molecule has 1 aliphatic heterocycles. The predicted octanol–water partition coefficient (Wildman–Crippen LogP) is 2.03. The third kappa shape index (κ3) is 5.56. The maximum absolute atomic E-state index is 14.0. The lowest BCUT2D eigenvalue weighted by atomic mass is 10.0. The fourth-order valence-corrected chi connectivity index (χ4v) is 3.89. The van der Waals surface area contributed by atoms with Crippen LogP contribution in [0.3, 0.4) is 0 Å². The number of nitrogens with zero attached hydrogens (tertiary/aromatic N) is 4. The molecule has 2 heterocycles. The van der Waals surface area contributed by atoms with Crippen LogP contribution in [0.1, 0.15) is 23.6 Å². The van der Waals surface area contributed by atoms with E-state index in [1.54, 1.807) is 0 Å². The molecule has 0 bridgehead atoms. The third-order valence-electron chi connectivity index (χ3n) is 4.61. The minimum atomic E-state index is -4.72. The van der Waals surface area contributed by atoms with Crippen LogP contribution < -0.4 is 0 Å². The van der Waals surface area contributed by atoms with Crippen LogP contribution in [0.2, 0.25) is 0 Å². The van der Waals surface area contributed by atoms with Crippen molar-refractivity contribution in [2.45, 2.75) is 38.2 Å². The lowest BCUT2D eigenvalue weighted by molar-refractivity contribution is -0.148. The summed E-state index contributed by atoms with van der Waals surface area (Å²) in [6.45, 7) is -0.733. The van der Waals surface area contributed by atoms with Gasteiger partial charge in [-0.05, 0) is 11.6 Å². The standard InChI is InChI=1S/C17H16F6N4O4S/c1-32(29,30)31-10(4-9-5-12(19)13(20)7-11(9)18)6-15(28)26-2-3-27-14(8-26)24-25-16(27)17(21,22)23/h5,7,10H,2-4,6,8H2,1H3/t10-/m1/s1. The van der Waals surface area contributed by atoms with Gasteiger partial charge < -0.3 is 9.47 Å². The number of rotatable bonds is 6. The monoisotopic (exact) mass is 486 g/mol. The van der Waals surface area contributed by atoms with Gasteiger partial charge in [-0.1, -0.05) is 0 Å². The summed E-state index contributed by atoms with van der Waals surface area (Å²) in [5.74, 6) is -6.02. The number of aromatic nitrogens is 3. The highest BCUT2D eigenvalue weighted by molar-refractivity contribution is 7.86. The number of carbonyl (C=O) groups is 1. The van der Waals surface area contributed by atoms with E-state index in [-0.39, 0.29) is 31.5 Å². The average Bonchev–Trinajstić information content (AvgIpc) is 3.08. The summed E-state index contributed by atoms with van der Waals surface area (Å²) < 4.78 is 108. The van der Waals surface area contributed by atoms with E-state index in [0.29, 0.717) is 12.3 Å². The first-order chi connectivity index (χ1) is 14.7. The summed E-state index contributed by atoms with van der Waals surface area (Å²) in [7, 11) is -4.13. The maximum atomic E-state index is 14.0. The normalized spacial score (nSPS) is 15.5. The maximum Gasteiger partial charge on any atom is 0.451 e. The molecule has 0 saturated heterocycles. The Morgan fingerprint density at radius 2 is 1.78 bits per heavy atom. The molecule has 15 heteroatoms. The molecule has 0 saturated carbocycles. The van der Waals surface area contributed by atoms with Crippen LogP contribution in [0, 0.1) is 17.5 Å². The summed E-state index contributed by atoms with van der Waals surface area (Å²) in [5, 5.41) is 6.53. The fourth-order valence-electron chi connectivity index (χ4n) is 3.26. The van der Waals surface area contributed by atoms with Crippen molar-refractivity contribution in [3.8, 4) is 0 Å². The highest BCUT2D eigenvalue weighted by Crippen LogP contribution is 2.29. The molecule has 0 unspecified atom stereocenters. The van der Waals surface area contributed by atoms with Gasteiger partial charge >= 0.3 is 6.18 Å². The Labute approximate surface area is 177 Å². The van der Waals surface area contributed by atoms with Crippen LogP contribution in [-0.2, 0) is 44.8 Å². The van der Waals surface area contributed by atoms with Crippen molar-refractivity contribution in [3.05, 3.63) is 46.8 Å². The molecule has 8 nitrogen and oxygen atoms in total. The molecule has 2 aromatic rings. The molecule has 1 amide bonds. The Kier molecular flexibility index (Phi) is 6.51. The van der Waals surface area contributed by atoms with Crippen LogP contribution in [0.15, 0.2) is 12.1 Å². The summed E-state index contributed by atoms with van der Waals surface area (Å²) in [6.07, 6.45) is -6.70. The first-order valence-electron chi connectivity index (χ1n) is 9.03. The van der Waals surface area contributed by atoms with Gasteiger partial charge in [0.25, 0.3) is 10.1 Å². The Hall–Kier alpha value is -2.68. The van der Waals surface area contributed by atoms with Crippen molar-refractivity contribution in [1.82, 2.24) is 19.7 Å². The van der Waals surface area contributed by atoms with Crippen LogP contribution in [0.25, 0.3) is 0 Å². The lowest BCUT2D eigenvalue weighted by Gasteiger charge is -2.29. The van der Waals surface area contributed by atoms with Gasteiger partial charge in [0.2, 0.25) is 11.7 Å². The highest BCUT2D eigenvalue weighted by Gasteiger charge is 2.40. The quantitative estimate of drug-likeness (QED) is 0.353. The Morgan fingerprint density at radius 3 is 2.41 bits per heavy atom. The van der Waals surface area contributed by atoms with Gasteiger partial charge in [-0.2, -0.15) is 21.6 Å². The molecular weight excluding hydrogens is 470 g/mol. The molecule has 0 spiro atoms. The Morgan fingerprint density at radius 1 is 1.12 bits per heavy atom. The largest absolute Gasteiger partial charge is 0.451 e. The molecule has 176 valence electrons. The topological polar surface area (TPSA) is 94.4 Å². The van der Waals surface area contributed by atoms with E-state index >= 15 is 0 Å². The van der Waals surface area contributed by atoms with Crippen LogP contribution in [0.4, 0.5) is 26.3 Å². The van der Waals surface area contributed by atoms with E-state index in [1.165, 1.54) is 0 Å². The molecule has 3 rings (SSSR count). The molecule has 0 radical (unpaired) electrons. The van der Waals surface area contributed by atoms with Crippen molar-refractivity contribution in [1.29, 1.82) is 0 Å². The second kappa shape index (κ2) is 8.69. The van der Waals surface area contributed by atoms with E-state index in [4.69, 9.17) is 4.18 Å². The Balaban J connectivity index is 1.76. The smallest absolute Gasteiger partial charge is 0.333 e. The van der Waals surface area contributed by atoms with Gasteiger partial charge in [0.05, 0.1) is 25.3 Å². The van der Waals surface area contributed by atoms with Gasteiger partial charge in [-0.25, -0.2) is 13.2 Å². The first kappa shape index (κ1) is 24.0. The second-order valence-electron chi connectivity index (χ2n) is 7.09. The zero-order valence-electron chi connectivity index (χ0n) is 16.4. The number of benzene rings is 1. The second-order valence-corrected chi connectivity index (χ2v) is 8.69. The SMILES string of the molecule is CS(=O)(=O)O[C@@H](CC(=O)N1CCn2c(nnc2C(F)(F)F)C1)Cc1cc(F)c(F)cc1F. The van der Waals surface area contributed by atoms with Crippen LogP contribution >= 0.6 is 0 Å². The summed E-state index contributed by atoms with van der Waals surface area (Å²) in [5.41, 5.74) is -0.418. The molecule has 1 aliphatic rings. The predicted molar refractivity (Wildman–Crippen MR) is 94.8 cm³/mol. The molecular formula is C17H16F6N4O4S. The number of halogens is 6. The van der Waals surface area contributed by atoms with Gasteiger partial charge in [-0.15, -0.1) is 10.2 Å². The van der Waals surface area contributed by atoms with Gasteiger partial charge in [0.1, 0.15) is 5.82 Å². The first-order valence-corrected chi connectivity index (χ1v) is 10.8. The van der Waals surface area contributed by atoms with Crippen molar-refractivity contribution < 1.29 is 43.7 Å². The zero-order valence-corrected chi connectivity index (χ0v) is 17.2. The molecule has 0 N–H and O–H groups in total. The summed E-state index contributed by atoms with van der Waals surface area (Å²) in [6, 6.07) is 0.801. The van der Waals surface area contributed by atoms with E-state index in [2.05, 4.69) is 10.2 Å². The minimum Gasteiger partial charge on any atom is -0.333 e. The van der Waals surface area contributed by atoms with Gasteiger partial charge in [-0.3, -0.25) is 8.98 Å². The molecule has 1 atom stereocenters. The third-order valence-corrected chi connectivity index (χ3v) is 5.23. The van der Waals surface area contributed by atoms with Gasteiger partial charge in [0, 0.05) is 25.6 Å². The van der Waals surface area contributed by atoms with E-state index in [0.717, 1.165) is 9.47 Å². The molecule has 0 aliphatic carbocycles. The molecule has 32 heavy (non-hydrogen) atoms. The molecule has 1 aromatic carbocycles. The van der Waals surface area contributed by atoms with Gasteiger partial charge in [0.15, 0.2) is 17.5 Å². The molecule has 1 aromatic heterocycles.